The molecule has 5 aromatic carbocycles. The van der Waals surface area contributed by atoms with Crippen LogP contribution in [0.25, 0.3) is 102 Å². The smallest absolute Gasteiger partial charge is 0.657 e. The molecule has 266 valence electrons. The van der Waals surface area contributed by atoms with E-state index in [0.29, 0.717) is 0 Å². The maximum absolute atomic E-state index is 5.39. The molecule has 10 rings (SSSR count). The zero-order chi connectivity index (χ0) is 36.7. The van der Waals surface area contributed by atoms with Crippen LogP contribution in [0.2, 0.25) is 0 Å². The zero-order valence-corrected chi connectivity index (χ0v) is 32.0. The zero-order valence-electron chi connectivity index (χ0n) is 30.0. The molecule has 8 bridgehead atoms. The summed E-state index contributed by atoms with van der Waals surface area (Å²) in [6.45, 7) is 0. The van der Waals surface area contributed by atoms with Gasteiger partial charge >= 0.3 is 17.1 Å². The Hall–Kier alpha value is -6.43. The SMILES string of the molecule is Sc1ccc(-c2ccc(-c3c4nc(c(-c5ccccc5)c5ccc([n-]5)c(-c5ccccc5)c5nc(c(-c6ccccc6)c6ccc3[n-]6)C=C5)C=C4)cc2)cc1.[Fe+2]. The van der Waals surface area contributed by atoms with Crippen LogP contribution in [-0.2, 0) is 17.1 Å². The Morgan fingerprint density at radius 3 is 0.893 bits per heavy atom. The first kappa shape index (κ1) is 35.3. The van der Waals surface area contributed by atoms with Crippen LogP contribution >= 0.6 is 12.6 Å². The predicted molar refractivity (Wildman–Crippen MR) is 231 cm³/mol. The van der Waals surface area contributed by atoms with E-state index in [9.17, 15) is 0 Å². The van der Waals surface area contributed by atoms with E-state index in [4.69, 9.17) is 19.9 Å². The van der Waals surface area contributed by atoms with Gasteiger partial charge in [0.25, 0.3) is 0 Å². The normalized spacial score (nSPS) is 11.7. The van der Waals surface area contributed by atoms with E-state index >= 15 is 0 Å². The third kappa shape index (κ3) is 6.54. The topological polar surface area (TPSA) is 54.0 Å². The molecule has 3 aromatic heterocycles. The average molecular weight is 777 g/mol. The van der Waals surface area contributed by atoms with E-state index in [1.165, 1.54) is 0 Å². The molecule has 0 spiro atoms. The van der Waals surface area contributed by atoms with Crippen molar-refractivity contribution in [2.75, 3.05) is 0 Å². The first-order valence-corrected chi connectivity index (χ1v) is 18.7. The first-order valence-electron chi connectivity index (χ1n) is 18.3. The fourth-order valence-electron chi connectivity index (χ4n) is 7.57. The van der Waals surface area contributed by atoms with Crippen molar-refractivity contribution in [2.24, 2.45) is 0 Å². The number of fused-ring (bicyclic) bond motifs is 8. The van der Waals surface area contributed by atoms with Crippen molar-refractivity contribution in [3.05, 3.63) is 187 Å². The second-order valence-corrected chi connectivity index (χ2v) is 14.1. The molecule has 6 heteroatoms. The molecular weight excluding hydrogens is 744 g/mol. The molecule has 0 N–H and O–H groups in total. The third-order valence-electron chi connectivity index (χ3n) is 10.2. The largest absolute Gasteiger partial charge is 2.00 e. The molecule has 2 aliphatic rings. The Bertz CT molecular complexity index is 2910. The molecule has 0 aliphatic carbocycles. The van der Waals surface area contributed by atoms with Crippen LogP contribution in [0.15, 0.2) is 169 Å². The Labute approximate surface area is 341 Å². The van der Waals surface area contributed by atoms with Crippen molar-refractivity contribution in [2.45, 2.75) is 4.90 Å². The van der Waals surface area contributed by atoms with Gasteiger partial charge in [-0.25, -0.2) is 9.97 Å². The summed E-state index contributed by atoms with van der Waals surface area (Å²) in [6.07, 6.45) is 8.42. The van der Waals surface area contributed by atoms with Crippen LogP contribution in [0.5, 0.6) is 0 Å². The standard InChI is InChI=1S/C50H32N4S.Fe/c55-38-22-20-33(21-23-38)32-16-18-37(19-17-32)50-45-30-28-43(53-45)48(35-12-6-2-7-13-35)41-26-24-39(51-41)47(34-10-4-1-5-11-34)40-25-27-42(52-40)49(36-14-8-3-9-15-36)44-29-31-46(50)54-44;/h1-31H,(H-2,51,52,53,54,55);/q-2;+2. The van der Waals surface area contributed by atoms with E-state index in [0.717, 1.165) is 105 Å². The Kier molecular flexibility index (Phi) is 9.46. The van der Waals surface area contributed by atoms with Crippen LogP contribution < -0.4 is 9.97 Å². The monoisotopic (exact) mass is 776 g/mol. The molecule has 0 unspecified atom stereocenters. The number of rotatable bonds is 5. The van der Waals surface area contributed by atoms with E-state index in [2.05, 4.69) is 170 Å². The molecule has 4 nitrogen and oxygen atoms in total. The maximum atomic E-state index is 5.39. The Balaban J connectivity index is 0.00000410. The van der Waals surface area contributed by atoms with E-state index in [1.807, 2.05) is 30.3 Å². The van der Waals surface area contributed by atoms with Crippen LogP contribution in [0, 0.1) is 0 Å². The van der Waals surface area contributed by atoms with Gasteiger partial charge in [-0.3, -0.25) is 0 Å². The van der Waals surface area contributed by atoms with E-state index in [-0.39, 0.29) is 17.1 Å². The quantitative estimate of drug-likeness (QED) is 0.140. The number of hydrogen-bond acceptors (Lipinski definition) is 3. The van der Waals surface area contributed by atoms with Crippen molar-refractivity contribution in [1.82, 2.24) is 19.9 Å². The summed E-state index contributed by atoms with van der Waals surface area (Å²) in [5.41, 5.74) is 17.0. The van der Waals surface area contributed by atoms with Gasteiger partial charge in [-0.05, 0) is 92.1 Å². The van der Waals surface area contributed by atoms with Crippen molar-refractivity contribution < 1.29 is 17.1 Å². The molecular formula is C50H32FeN4S. The first-order chi connectivity index (χ1) is 27.2. The van der Waals surface area contributed by atoms with Crippen molar-refractivity contribution in [3.8, 4) is 55.6 Å². The van der Waals surface area contributed by atoms with Crippen molar-refractivity contribution in [1.29, 1.82) is 0 Å². The van der Waals surface area contributed by atoms with Gasteiger partial charge in [-0.1, -0.05) is 152 Å². The molecule has 56 heavy (non-hydrogen) atoms. The number of hydrogen-bond donors (Lipinski definition) is 1. The number of benzene rings is 5. The van der Waals surface area contributed by atoms with Gasteiger partial charge in [0, 0.05) is 4.90 Å². The third-order valence-corrected chi connectivity index (χ3v) is 10.5. The van der Waals surface area contributed by atoms with E-state index < -0.39 is 0 Å². The Morgan fingerprint density at radius 2 is 0.571 bits per heavy atom. The van der Waals surface area contributed by atoms with Crippen LogP contribution in [0.3, 0.4) is 0 Å². The molecule has 0 atom stereocenters. The number of nitrogens with zero attached hydrogens (tertiary/aromatic N) is 4. The summed E-state index contributed by atoms with van der Waals surface area (Å²) in [6, 6.07) is 56.5. The molecule has 0 amide bonds. The van der Waals surface area contributed by atoms with Gasteiger partial charge in [-0.2, -0.15) is 0 Å². The van der Waals surface area contributed by atoms with Gasteiger partial charge in [-0.15, -0.1) is 34.7 Å². The van der Waals surface area contributed by atoms with Gasteiger partial charge in [0.2, 0.25) is 0 Å². The molecule has 0 fully saturated rings. The van der Waals surface area contributed by atoms with Gasteiger partial charge in [0.1, 0.15) is 0 Å². The summed E-state index contributed by atoms with van der Waals surface area (Å²) in [7, 11) is 0. The molecule has 0 saturated heterocycles. The summed E-state index contributed by atoms with van der Waals surface area (Å²) < 4.78 is 0. The number of thiol groups is 1. The summed E-state index contributed by atoms with van der Waals surface area (Å²) in [4.78, 5) is 22.4. The minimum Gasteiger partial charge on any atom is -0.657 e. The summed E-state index contributed by atoms with van der Waals surface area (Å²) >= 11 is 4.48. The van der Waals surface area contributed by atoms with Gasteiger partial charge in [0.15, 0.2) is 0 Å². The summed E-state index contributed by atoms with van der Waals surface area (Å²) in [5.74, 6) is 0. The van der Waals surface area contributed by atoms with E-state index in [1.54, 1.807) is 0 Å². The fraction of sp³-hybridized carbons (Fsp3) is 0. The molecule has 0 radical (unpaired) electrons. The van der Waals surface area contributed by atoms with Gasteiger partial charge < -0.3 is 9.97 Å². The molecule has 2 aliphatic heterocycles. The van der Waals surface area contributed by atoms with Crippen molar-refractivity contribution >= 4 is 59.0 Å². The van der Waals surface area contributed by atoms with Crippen LogP contribution in [0.4, 0.5) is 0 Å². The molecule has 5 heterocycles. The fourth-order valence-corrected chi connectivity index (χ4v) is 7.72. The minimum absolute atomic E-state index is 0. The minimum atomic E-state index is 0. The summed E-state index contributed by atoms with van der Waals surface area (Å²) in [5, 5.41) is 0. The Morgan fingerprint density at radius 1 is 0.304 bits per heavy atom. The van der Waals surface area contributed by atoms with Crippen molar-refractivity contribution in [3.63, 3.8) is 0 Å². The average Bonchev–Trinajstić information content (AvgIpc) is 4.08. The number of aromatic nitrogens is 4. The van der Waals surface area contributed by atoms with Gasteiger partial charge in [0.05, 0.1) is 22.8 Å². The second kappa shape index (κ2) is 15.0. The maximum Gasteiger partial charge on any atom is 2.00 e. The molecule has 8 aromatic rings. The van der Waals surface area contributed by atoms with Crippen LogP contribution in [-0.4, -0.2) is 9.97 Å². The predicted octanol–water partition coefficient (Wildman–Crippen LogP) is 12.5. The molecule has 0 saturated carbocycles. The second-order valence-electron chi connectivity index (χ2n) is 13.6. The van der Waals surface area contributed by atoms with Crippen LogP contribution in [0.1, 0.15) is 22.8 Å².